The van der Waals surface area contributed by atoms with Gasteiger partial charge in [0, 0.05) is 11.2 Å². The van der Waals surface area contributed by atoms with Crippen molar-refractivity contribution in [2.45, 2.75) is 25.3 Å². The molecule has 0 saturated carbocycles. The van der Waals surface area contributed by atoms with E-state index in [0.717, 1.165) is 5.56 Å². The van der Waals surface area contributed by atoms with Gasteiger partial charge >= 0.3 is 0 Å². The maximum Gasteiger partial charge on any atom is 0.262 e. The van der Waals surface area contributed by atoms with Gasteiger partial charge in [-0.1, -0.05) is 41.9 Å². The van der Waals surface area contributed by atoms with Gasteiger partial charge in [-0.2, -0.15) is 5.10 Å². The summed E-state index contributed by atoms with van der Waals surface area (Å²) in [5, 5.41) is 4.76. The lowest BCUT2D eigenvalue weighted by Crippen LogP contribution is -2.14. The Morgan fingerprint density at radius 3 is 2.56 bits per heavy atom. The van der Waals surface area contributed by atoms with Crippen LogP contribution in [-0.4, -0.2) is 18.2 Å². The minimum absolute atomic E-state index is 0.213. The van der Waals surface area contributed by atoms with Crippen molar-refractivity contribution in [1.29, 1.82) is 0 Å². The molecule has 0 bridgehead atoms. The minimum Gasteiger partial charge on any atom is -0.276 e. The van der Waals surface area contributed by atoms with Crippen molar-refractivity contribution < 1.29 is 8.42 Å². The quantitative estimate of drug-likeness (QED) is 0.733. The predicted molar refractivity (Wildman–Crippen MR) is 99.5 cm³/mol. The second-order valence-corrected chi connectivity index (χ2v) is 7.94. The summed E-state index contributed by atoms with van der Waals surface area (Å²) < 4.78 is 29.6. The maximum absolute atomic E-state index is 12.7. The second kappa shape index (κ2) is 6.90. The van der Waals surface area contributed by atoms with Crippen molar-refractivity contribution >= 4 is 27.3 Å². The second-order valence-electron chi connectivity index (χ2n) is 5.88. The summed E-state index contributed by atoms with van der Waals surface area (Å²) >= 11 is 6.05. The summed E-state index contributed by atoms with van der Waals surface area (Å²) in [5.41, 5.74) is 2.82. The Balaban J connectivity index is 1.81. The zero-order valence-corrected chi connectivity index (χ0v) is 15.5. The Kier molecular flexibility index (Phi) is 4.83. The largest absolute Gasteiger partial charge is 0.276 e. The van der Waals surface area contributed by atoms with E-state index in [4.69, 9.17) is 11.6 Å². The molecule has 0 fully saturated rings. The van der Waals surface area contributed by atoms with E-state index < -0.39 is 10.0 Å². The maximum atomic E-state index is 12.7. The number of nitrogens with zero attached hydrogens (tertiary/aromatic N) is 2. The summed E-state index contributed by atoms with van der Waals surface area (Å²) in [6.07, 6.45) is 3.17. The zero-order chi connectivity index (χ0) is 18.0. The van der Waals surface area contributed by atoms with Gasteiger partial charge in [-0.05, 0) is 42.7 Å². The first-order valence-electron chi connectivity index (χ1n) is 7.71. The Bertz CT molecular complexity index is 998. The number of hydrogen-bond acceptors (Lipinski definition) is 3. The van der Waals surface area contributed by atoms with E-state index in [9.17, 15) is 8.42 Å². The molecule has 0 unspecified atom stereocenters. The van der Waals surface area contributed by atoms with Gasteiger partial charge in [-0.3, -0.25) is 9.40 Å². The van der Waals surface area contributed by atoms with Gasteiger partial charge in [0.15, 0.2) is 0 Å². The van der Waals surface area contributed by atoms with Gasteiger partial charge in [0.1, 0.15) is 0 Å². The highest BCUT2D eigenvalue weighted by atomic mass is 35.5. The summed E-state index contributed by atoms with van der Waals surface area (Å²) in [7, 11) is -3.70. The molecule has 0 aliphatic heterocycles. The highest BCUT2D eigenvalue weighted by molar-refractivity contribution is 7.92. The summed E-state index contributed by atoms with van der Waals surface area (Å²) in [6.45, 7) is 4.07. The fourth-order valence-corrected chi connectivity index (χ4v) is 4.09. The molecule has 1 heterocycles. The van der Waals surface area contributed by atoms with Crippen LogP contribution in [0.25, 0.3) is 0 Å². The van der Waals surface area contributed by atoms with Gasteiger partial charge in [0.25, 0.3) is 10.0 Å². The summed E-state index contributed by atoms with van der Waals surface area (Å²) in [6, 6.07) is 13.1. The normalized spacial score (nSPS) is 11.5. The van der Waals surface area contributed by atoms with Crippen LogP contribution in [0.1, 0.15) is 16.7 Å². The van der Waals surface area contributed by atoms with E-state index in [0.29, 0.717) is 28.4 Å². The molecule has 0 aliphatic rings. The minimum atomic E-state index is -3.70. The van der Waals surface area contributed by atoms with Crippen LogP contribution in [0.4, 0.5) is 5.69 Å². The third-order valence-corrected chi connectivity index (χ3v) is 5.75. The van der Waals surface area contributed by atoms with Crippen LogP contribution in [0.15, 0.2) is 59.8 Å². The number of sulfonamides is 1. The van der Waals surface area contributed by atoms with E-state index in [1.807, 2.05) is 30.3 Å². The van der Waals surface area contributed by atoms with Crippen LogP contribution in [0.3, 0.4) is 0 Å². The Labute approximate surface area is 152 Å². The van der Waals surface area contributed by atoms with E-state index in [-0.39, 0.29) is 4.90 Å². The van der Waals surface area contributed by atoms with Crippen LogP contribution in [0.5, 0.6) is 0 Å². The molecule has 130 valence electrons. The van der Waals surface area contributed by atoms with Gasteiger partial charge in [-0.15, -0.1) is 0 Å². The number of nitrogens with one attached hydrogen (secondary N) is 1. The number of hydrogen-bond donors (Lipinski definition) is 1. The van der Waals surface area contributed by atoms with Crippen molar-refractivity contribution in [3.8, 4) is 0 Å². The molecule has 0 atom stereocenters. The number of rotatable bonds is 5. The molecule has 1 aromatic heterocycles. The number of halogens is 1. The van der Waals surface area contributed by atoms with Crippen molar-refractivity contribution in [3.63, 3.8) is 0 Å². The van der Waals surface area contributed by atoms with Gasteiger partial charge in [0.05, 0.1) is 23.3 Å². The standard InChI is InChI=1S/C18H18ClN3O2S/c1-13-9-18(14(2)8-17(13)19)25(23,24)21-16-10-20-22(12-16)11-15-6-4-3-5-7-15/h3-10,12,21H,11H2,1-2H3. The first kappa shape index (κ1) is 17.5. The lowest BCUT2D eigenvalue weighted by molar-refractivity contribution is 0.600. The Morgan fingerprint density at radius 2 is 1.84 bits per heavy atom. The number of anilines is 1. The Morgan fingerprint density at radius 1 is 1.12 bits per heavy atom. The van der Waals surface area contributed by atoms with Gasteiger partial charge in [0.2, 0.25) is 0 Å². The number of aryl methyl sites for hydroxylation is 2. The van der Waals surface area contributed by atoms with E-state index >= 15 is 0 Å². The third-order valence-electron chi connectivity index (χ3n) is 3.82. The zero-order valence-electron chi connectivity index (χ0n) is 13.9. The molecule has 0 spiro atoms. The van der Waals surface area contributed by atoms with Crippen LogP contribution in [-0.2, 0) is 16.6 Å². The molecule has 7 heteroatoms. The number of benzene rings is 2. The van der Waals surface area contributed by atoms with Crippen molar-refractivity contribution in [2.75, 3.05) is 4.72 Å². The first-order chi connectivity index (χ1) is 11.8. The molecule has 3 aromatic rings. The fraction of sp³-hybridized carbons (Fsp3) is 0.167. The molecule has 0 saturated heterocycles. The Hall–Kier alpha value is -2.31. The molecule has 25 heavy (non-hydrogen) atoms. The van der Waals surface area contributed by atoms with Crippen molar-refractivity contribution in [1.82, 2.24) is 9.78 Å². The van der Waals surface area contributed by atoms with Crippen LogP contribution in [0.2, 0.25) is 5.02 Å². The third kappa shape index (κ3) is 4.03. The van der Waals surface area contributed by atoms with Crippen LogP contribution >= 0.6 is 11.6 Å². The molecule has 1 N–H and O–H groups in total. The lowest BCUT2D eigenvalue weighted by Gasteiger charge is -2.10. The molecule has 0 aliphatic carbocycles. The van der Waals surface area contributed by atoms with Gasteiger partial charge in [-0.25, -0.2) is 8.42 Å². The average molecular weight is 376 g/mol. The molecular weight excluding hydrogens is 358 g/mol. The lowest BCUT2D eigenvalue weighted by atomic mass is 10.2. The topological polar surface area (TPSA) is 64.0 Å². The van der Waals surface area contributed by atoms with Gasteiger partial charge < -0.3 is 0 Å². The summed E-state index contributed by atoms with van der Waals surface area (Å²) in [5.74, 6) is 0. The highest BCUT2D eigenvalue weighted by Gasteiger charge is 2.19. The van der Waals surface area contributed by atoms with Crippen LogP contribution in [0, 0.1) is 13.8 Å². The number of aromatic nitrogens is 2. The first-order valence-corrected chi connectivity index (χ1v) is 9.57. The highest BCUT2D eigenvalue weighted by Crippen LogP contribution is 2.25. The fourth-order valence-electron chi connectivity index (χ4n) is 2.53. The molecule has 2 aromatic carbocycles. The van der Waals surface area contributed by atoms with E-state index in [1.54, 1.807) is 36.9 Å². The molecule has 0 amide bonds. The van der Waals surface area contributed by atoms with E-state index in [1.165, 1.54) is 6.20 Å². The monoisotopic (exact) mass is 375 g/mol. The van der Waals surface area contributed by atoms with E-state index in [2.05, 4.69) is 9.82 Å². The van der Waals surface area contributed by atoms with Crippen molar-refractivity contribution in [2.24, 2.45) is 0 Å². The summed E-state index contributed by atoms with van der Waals surface area (Å²) in [4.78, 5) is 0.213. The average Bonchev–Trinajstić information content (AvgIpc) is 2.98. The predicted octanol–water partition coefficient (Wildman–Crippen LogP) is 4.00. The molecule has 3 rings (SSSR count). The van der Waals surface area contributed by atoms with Crippen molar-refractivity contribution in [3.05, 3.63) is 76.6 Å². The smallest absolute Gasteiger partial charge is 0.262 e. The molecular formula is C18H18ClN3O2S. The van der Waals surface area contributed by atoms with Crippen LogP contribution < -0.4 is 4.72 Å². The molecule has 0 radical (unpaired) electrons. The molecule has 5 nitrogen and oxygen atoms in total. The SMILES string of the molecule is Cc1cc(S(=O)(=O)Nc2cnn(Cc3ccccc3)c2)c(C)cc1Cl.